The summed E-state index contributed by atoms with van der Waals surface area (Å²) in [4.78, 5) is 16.9. The minimum absolute atomic E-state index is 0.115. The van der Waals surface area contributed by atoms with Gasteiger partial charge in [-0.2, -0.15) is 5.26 Å². The molecule has 0 unspecified atom stereocenters. The fourth-order valence-electron chi connectivity index (χ4n) is 3.89. The standard InChI is InChI=1S/C27H24ClFN4O3/c1-35-24-8-4-5-18(27(24)36-19-6-2-3-7-19)10-12-26(34)33-23-14-21(29)20(28)13-22(23)32-25-11-9-17(15-30)16-31-25/h4-5,8-14,16,19H,2-3,6-7H2,1H3,(H,31,32)(H,33,34). The third-order valence-corrected chi connectivity index (χ3v) is 5.99. The Morgan fingerprint density at radius 3 is 2.72 bits per heavy atom. The van der Waals surface area contributed by atoms with Gasteiger partial charge in [-0.3, -0.25) is 4.79 Å². The third kappa shape index (κ3) is 6.12. The van der Waals surface area contributed by atoms with Crippen molar-refractivity contribution in [2.45, 2.75) is 31.8 Å². The molecule has 1 fully saturated rings. The fourth-order valence-corrected chi connectivity index (χ4v) is 4.05. The molecule has 184 valence electrons. The van der Waals surface area contributed by atoms with Gasteiger partial charge in [0.25, 0.3) is 0 Å². The summed E-state index contributed by atoms with van der Waals surface area (Å²) in [5, 5.41) is 14.5. The molecule has 0 aliphatic heterocycles. The van der Waals surface area contributed by atoms with Crippen LogP contribution < -0.4 is 20.1 Å². The zero-order valence-electron chi connectivity index (χ0n) is 19.6. The van der Waals surface area contributed by atoms with Crippen LogP contribution in [0.25, 0.3) is 6.08 Å². The number of methoxy groups -OCH3 is 1. The Bertz CT molecular complexity index is 1320. The number of para-hydroxylation sites is 1. The van der Waals surface area contributed by atoms with Crippen molar-refractivity contribution >= 4 is 40.8 Å². The second kappa shape index (κ2) is 11.6. The Kier molecular flexibility index (Phi) is 8.03. The molecule has 0 saturated heterocycles. The van der Waals surface area contributed by atoms with Crippen LogP contribution in [0.2, 0.25) is 5.02 Å². The van der Waals surface area contributed by atoms with E-state index in [0.717, 1.165) is 31.7 Å². The molecule has 1 aliphatic rings. The molecule has 2 aromatic carbocycles. The van der Waals surface area contributed by atoms with E-state index in [4.69, 9.17) is 26.3 Å². The summed E-state index contributed by atoms with van der Waals surface area (Å²) < 4.78 is 25.9. The Hall–Kier alpha value is -4.09. The van der Waals surface area contributed by atoms with E-state index in [1.807, 2.05) is 24.3 Å². The number of nitrogens with one attached hydrogen (secondary N) is 2. The molecule has 1 aromatic heterocycles. The van der Waals surface area contributed by atoms with Crippen LogP contribution in [-0.4, -0.2) is 24.1 Å². The predicted molar refractivity (Wildman–Crippen MR) is 137 cm³/mol. The van der Waals surface area contributed by atoms with Crippen molar-refractivity contribution in [2.24, 2.45) is 0 Å². The molecule has 1 aliphatic carbocycles. The van der Waals surface area contributed by atoms with Crippen molar-refractivity contribution in [1.29, 1.82) is 5.26 Å². The number of hydrogen-bond donors (Lipinski definition) is 2. The number of amides is 1. The Morgan fingerprint density at radius 2 is 2.03 bits per heavy atom. The summed E-state index contributed by atoms with van der Waals surface area (Å²) in [6, 6.07) is 13.1. The molecule has 1 saturated carbocycles. The molecule has 1 heterocycles. The predicted octanol–water partition coefficient (Wildman–Crippen LogP) is 6.47. The van der Waals surface area contributed by atoms with E-state index >= 15 is 0 Å². The number of halogens is 2. The van der Waals surface area contributed by atoms with Crippen molar-refractivity contribution in [3.8, 4) is 17.6 Å². The number of hydrogen-bond acceptors (Lipinski definition) is 6. The number of carbonyl (C=O) groups is 1. The summed E-state index contributed by atoms with van der Waals surface area (Å²) in [5.74, 6) is 0.401. The quantitative estimate of drug-likeness (QED) is 0.340. The normalized spacial score (nSPS) is 13.4. The molecule has 3 aromatic rings. The highest BCUT2D eigenvalue weighted by Crippen LogP contribution is 2.36. The summed E-state index contributed by atoms with van der Waals surface area (Å²) in [6.07, 6.45) is 8.69. The topological polar surface area (TPSA) is 96.3 Å². The van der Waals surface area contributed by atoms with Crippen molar-refractivity contribution in [3.63, 3.8) is 0 Å². The minimum atomic E-state index is -0.686. The SMILES string of the molecule is COc1cccc(C=CC(=O)Nc2cc(F)c(Cl)cc2Nc2ccc(C#N)cn2)c1OC1CCCC1. The van der Waals surface area contributed by atoms with Gasteiger partial charge in [0.1, 0.15) is 17.7 Å². The van der Waals surface area contributed by atoms with Crippen LogP contribution in [0.3, 0.4) is 0 Å². The van der Waals surface area contributed by atoms with Crippen LogP contribution in [0.5, 0.6) is 11.5 Å². The molecule has 0 bridgehead atoms. The van der Waals surface area contributed by atoms with Crippen LogP contribution in [0.15, 0.2) is 54.7 Å². The van der Waals surface area contributed by atoms with Crippen molar-refractivity contribution < 1.29 is 18.7 Å². The molecule has 9 heteroatoms. The smallest absolute Gasteiger partial charge is 0.248 e. The van der Waals surface area contributed by atoms with Crippen LogP contribution in [-0.2, 0) is 4.79 Å². The van der Waals surface area contributed by atoms with Crippen molar-refractivity contribution in [2.75, 3.05) is 17.7 Å². The number of nitriles is 1. The number of aromatic nitrogens is 1. The van der Waals surface area contributed by atoms with E-state index in [-0.39, 0.29) is 16.8 Å². The number of nitrogens with zero attached hydrogens (tertiary/aromatic N) is 2. The van der Waals surface area contributed by atoms with Crippen molar-refractivity contribution in [3.05, 3.63) is 76.7 Å². The number of ether oxygens (including phenoxy) is 2. The first-order valence-corrected chi connectivity index (χ1v) is 11.8. The van der Waals surface area contributed by atoms with Gasteiger partial charge in [-0.05, 0) is 56.0 Å². The van der Waals surface area contributed by atoms with Crippen LogP contribution in [0.4, 0.5) is 21.6 Å². The largest absolute Gasteiger partial charge is 0.493 e. The van der Waals surface area contributed by atoms with Gasteiger partial charge in [-0.15, -0.1) is 0 Å². The molecule has 0 radical (unpaired) electrons. The monoisotopic (exact) mass is 506 g/mol. The van der Waals surface area contributed by atoms with E-state index in [1.54, 1.807) is 25.3 Å². The van der Waals surface area contributed by atoms with E-state index in [2.05, 4.69) is 15.6 Å². The molecule has 36 heavy (non-hydrogen) atoms. The number of pyridine rings is 1. The van der Waals surface area contributed by atoms with E-state index in [0.29, 0.717) is 34.1 Å². The van der Waals surface area contributed by atoms with Crippen LogP contribution in [0.1, 0.15) is 36.8 Å². The lowest BCUT2D eigenvalue weighted by Crippen LogP contribution is -2.13. The molecular weight excluding hydrogens is 483 g/mol. The minimum Gasteiger partial charge on any atom is -0.493 e. The lowest BCUT2D eigenvalue weighted by atomic mass is 10.1. The number of benzene rings is 2. The average Bonchev–Trinajstić information content (AvgIpc) is 3.40. The number of rotatable bonds is 8. The zero-order valence-corrected chi connectivity index (χ0v) is 20.3. The van der Waals surface area contributed by atoms with Gasteiger partial charge < -0.3 is 20.1 Å². The Labute approximate surface area is 213 Å². The summed E-state index contributed by atoms with van der Waals surface area (Å²) in [6.45, 7) is 0. The van der Waals surface area contributed by atoms with Crippen LogP contribution in [0, 0.1) is 17.1 Å². The zero-order chi connectivity index (χ0) is 25.5. The lowest BCUT2D eigenvalue weighted by Gasteiger charge is -2.18. The third-order valence-electron chi connectivity index (χ3n) is 5.70. The van der Waals surface area contributed by atoms with E-state index in [1.165, 1.54) is 18.3 Å². The number of carbonyl (C=O) groups excluding carboxylic acids is 1. The maximum atomic E-state index is 14.2. The van der Waals surface area contributed by atoms with Gasteiger partial charge in [0, 0.05) is 23.9 Å². The number of anilines is 3. The Morgan fingerprint density at radius 1 is 1.22 bits per heavy atom. The van der Waals surface area contributed by atoms with Gasteiger partial charge in [0.15, 0.2) is 11.5 Å². The molecule has 0 spiro atoms. The first-order chi connectivity index (χ1) is 17.5. The highest BCUT2D eigenvalue weighted by atomic mass is 35.5. The lowest BCUT2D eigenvalue weighted by molar-refractivity contribution is -0.111. The summed E-state index contributed by atoms with van der Waals surface area (Å²) >= 11 is 5.96. The molecule has 7 nitrogen and oxygen atoms in total. The van der Waals surface area contributed by atoms with Crippen molar-refractivity contribution in [1.82, 2.24) is 4.98 Å². The Balaban J connectivity index is 1.54. The van der Waals surface area contributed by atoms with Gasteiger partial charge in [0.05, 0.1) is 35.2 Å². The van der Waals surface area contributed by atoms with Gasteiger partial charge in [-0.25, -0.2) is 9.37 Å². The molecular formula is C27H24ClFN4O3. The second-order valence-corrected chi connectivity index (χ2v) is 8.61. The van der Waals surface area contributed by atoms with Gasteiger partial charge in [-0.1, -0.05) is 23.7 Å². The highest BCUT2D eigenvalue weighted by molar-refractivity contribution is 6.31. The van der Waals surface area contributed by atoms with E-state index < -0.39 is 11.7 Å². The first kappa shape index (κ1) is 25.0. The molecule has 4 rings (SSSR count). The summed E-state index contributed by atoms with van der Waals surface area (Å²) in [5.41, 5.74) is 1.60. The molecule has 2 N–H and O–H groups in total. The van der Waals surface area contributed by atoms with Gasteiger partial charge in [0.2, 0.25) is 5.91 Å². The van der Waals surface area contributed by atoms with E-state index in [9.17, 15) is 9.18 Å². The van der Waals surface area contributed by atoms with Gasteiger partial charge >= 0.3 is 0 Å². The van der Waals surface area contributed by atoms with Crippen LogP contribution >= 0.6 is 11.6 Å². The first-order valence-electron chi connectivity index (χ1n) is 11.4. The maximum Gasteiger partial charge on any atom is 0.248 e. The fraction of sp³-hybridized carbons (Fsp3) is 0.222. The average molecular weight is 507 g/mol. The summed E-state index contributed by atoms with van der Waals surface area (Å²) in [7, 11) is 1.57. The second-order valence-electron chi connectivity index (χ2n) is 8.21. The molecule has 0 atom stereocenters. The highest BCUT2D eigenvalue weighted by Gasteiger charge is 2.20. The maximum absolute atomic E-state index is 14.2. The molecule has 1 amide bonds.